The third-order valence-electron chi connectivity index (χ3n) is 3.46. The van der Waals surface area contributed by atoms with Crippen LogP contribution in [0.3, 0.4) is 0 Å². The number of aryl methyl sites for hydroxylation is 1. The lowest BCUT2D eigenvalue weighted by atomic mass is 10.3. The molecule has 0 aliphatic heterocycles. The molecule has 2 heterocycles. The summed E-state index contributed by atoms with van der Waals surface area (Å²) in [5.41, 5.74) is 1.94. The van der Waals surface area contributed by atoms with Crippen molar-refractivity contribution in [3.8, 4) is 0 Å². The summed E-state index contributed by atoms with van der Waals surface area (Å²) in [5.74, 6) is 0.581. The number of amides is 1. The first-order valence-corrected chi connectivity index (χ1v) is 7.82. The van der Waals surface area contributed by atoms with Gasteiger partial charge in [0.2, 0.25) is 0 Å². The Labute approximate surface area is 135 Å². The summed E-state index contributed by atoms with van der Waals surface area (Å²) in [6, 6.07) is 10.6. The van der Waals surface area contributed by atoms with Crippen molar-refractivity contribution in [2.45, 2.75) is 13.5 Å². The van der Waals surface area contributed by atoms with Gasteiger partial charge < -0.3 is 9.88 Å². The Morgan fingerprint density at radius 1 is 1.35 bits per heavy atom. The van der Waals surface area contributed by atoms with Crippen LogP contribution in [-0.4, -0.2) is 26.9 Å². The second kappa shape index (κ2) is 6.17. The summed E-state index contributed by atoms with van der Waals surface area (Å²) in [6.07, 6.45) is 0. The standard InChI is InChI=1S/C15H14N4O3S/c1-10-17-11-4-2-3-5-12(11)18(10)9-8-16-15(20)13-6-7-14(23-13)19(21)22/h2-7H,8-9H2,1H3,(H,16,20). The molecule has 3 aromatic rings. The largest absolute Gasteiger partial charge is 0.350 e. The number of benzene rings is 1. The zero-order valence-electron chi connectivity index (χ0n) is 12.4. The second-order valence-electron chi connectivity index (χ2n) is 4.95. The van der Waals surface area contributed by atoms with Gasteiger partial charge in [0.15, 0.2) is 0 Å². The maximum absolute atomic E-state index is 12.0. The van der Waals surface area contributed by atoms with E-state index in [1.807, 2.05) is 35.8 Å². The van der Waals surface area contributed by atoms with Crippen molar-refractivity contribution in [3.05, 3.63) is 57.2 Å². The molecule has 118 valence electrons. The Morgan fingerprint density at radius 3 is 2.87 bits per heavy atom. The molecule has 0 radical (unpaired) electrons. The molecule has 0 spiro atoms. The fourth-order valence-corrected chi connectivity index (χ4v) is 3.13. The fraction of sp³-hybridized carbons (Fsp3) is 0.200. The zero-order chi connectivity index (χ0) is 16.4. The summed E-state index contributed by atoms with van der Waals surface area (Å²) in [5, 5.41) is 13.4. The minimum absolute atomic E-state index is 0.0356. The van der Waals surface area contributed by atoms with Crippen molar-refractivity contribution in [3.63, 3.8) is 0 Å². The number of hydrogen-bond donors (Lipinski definition) is 1. The normalized spacial score (nSPS) is 10.8. The molecule has 0 atom stereocenters. The van der Waals surface area contributed by atoms with Crippen molar-refractivity contribution >= 4 is 33.3 Å². The van der Waals surface area contributed by atoms with E-state index in [1.54, 1.807) is 0 Å². The molecular formula is C15H14N4O3S. The summed E-state index contributed by atoms with van der Waals surface area (Å²) in [7, 11) is 0. The van der Waals surface area contributed by atoms with Crippen LogP contribution in [0.4, 0.5) is 5.00 Å². The van der Waals surface area contributed by atoms with Crippen molar-refractivity contribution in [2.75, 3.05) is 6.54 Å². The van der Waals surface area contributed by atoms with Gasteiger partial charge in [-0.05, 0) is 25.1 Å². The third-order valence-corrected chi connectivity index (χ3v) is 4.50. The number of fused-ring (bicyclic) bond motifs is 1. The van der Waals surface area contributed by atoms with Crippen LogP contribution in [0.25, 0.3) is 11.0 Å². The predicted molar refractivity (Wildman–Crippen MR) is 87.8 cm³/mol. The first kappa shape index (κ1) is 15.2. The van der Waals surface area contributed by atoms with Gasteiger partial charge in [0.1, 0.15) is 5.82 Å². The Bertz CT molecular complexity index is 884. The maximum atomic E-state index is 12.0. The Balaban J connectivity index is 1.65. The Hall–Kier alpha value is -2.74. The van der Waals surface area contributed by atoms with E-state index >= 15 is 0 Å². The zero-order valence-corrected chi connectivity index (χ0v) is 13.2. The number of aromatic nitrogens is 2. The van der Waals surface area contributed by atoms with E-state index < -0.39 is 4.92 Å². The maximum Gasteiger partial charge on any atom is 0.324 e. The van der Waals surface area contributed by atoms with Crippen molar-refractivity contribution < 1.29 is 9.72 Å². The molecule has 7 nitrogen and oxygen atoms in total. The van der Waals surface area contributed by atoms with Gasteiger partial charge in [-0.3, -0.25) is 14.9 Å². The minimum Gasteiger partial charge on any atom is -0.350 e. The monoisotopic (exact) mass is 330 g/mol. The SMILES string of the molecule is Cc1nc2ccccc2n1CCNC(=O)c1ccc([N+](=O)[O-])s1. The van der Waals surface area contributed by atoms with Crippen LogP contribution in [0.1, 0.15) is 15.5 Å². The van der Waals surface area contributed by atoms with Crippen molar-refractivity contribution in [1.82, 2.24) is 14.9 Å². The summed E-state index contributed by atoms with van der Waals surface area (Å²) in [4.78, 5) is 27.0. The predicted octanol–water partition coefficient (Wildman–Crippen LogP) is 2.74. The number of thiophene rings is 1. The van der Waals surface area contributed by atoms with Gasteiger partial charge in [0.25, 0.3) is 5.91 Å². The number of imidazole rings is 1. The number of nitro groups is 1. The Morgan fingerprint density at radius 2 is 2.13 bits per heavy atom. The van der Waals surface area contributed by atoms with Crippen LogP contribution in [0.2, 0.25) is 0 Å². The molecule has 0 unspecified atom stereocenters. The van der Waals surface area contributed by atoms with Crippen molar-refractivity contribution in [2.24, 2.45) is 0 Å². The molecule has 0 bridgehead atoms. The van der Waals surface area contributed by atoms with Crippen LogP contribution in [0, 0.1) is 17.0 Å². The molecule has 8 heteroatoms. The molecular weight excluding hydrogens is 316 g/mol. The van der Waals surface area contributed by atoms with E-state index in [1.165, 1.54) is 12.1 Å². The van der Waals surface area contributed by atoms with Crippen LogP contribution in [0.15, 0.2) is 36.4 Å². The van der Waals surface area contributed by atoms with Crippen molar-refractivity contribution in [1.29, 1.82) is 0 Å². The average Bonchev–Trinajstić information content (AvgIpc) is 3.12. The first-order chi connectivity index (χ1) is 11.1. The second-order valence-corrected chi connectivity index (χ2v) is 6.01. The molecule has 0 saturated heterocycles. The van der Waals surface area contributed by atoms with Crippen LogP contribution in [-0.2, 0) is 6.54 Å². The number of para-hydroxylation sites is 2. The van der Waals surface area contributed by atoms with E-state index in [9.17, 15) is 14.9 Å². The molecule has 2 aromatic heterocycles. The van der Waals surface area contributed by atoms with E-state index in [2.05, 4.69) is 10.3 Å². The summed E-state index contributed by atoms with van der Waals surface area (Å²) in [6.45, 7) is 2.93. The highest BCUT2D eigenvalue weighted by molar-refractivity contribution is 7.17. The molecule has 0 aliphatic rings. The van der Waals surface area contributed by atoms with Gasteiger partial charge in [-0.15, -0.1) is 0 Å². The lowest BCUT2D eigenvalue weighted by molar-refractivity contribution is -0.380. The topological polar surface area (TPSA) is 90.1 Å². The van der Waals surface area contributed by atoms with Gasteiger partial charge in [-0.25, -0.2) is 4.98 Å². The fourth-order valence-electron chi connectivity index (χ4n) is 2.39. The highest BCUT2D eigenvalue weighted by atomic mass is 32.1. The molecule has 0 saturated carbocycles. The smallest absolute Gasteiger partial charge is 0.324 e. The summed E-state index contributed by atoms with van der Waals surface area (Å²) < 4.78 is 2.03. The van der Waals surface area contributed by atoms with Gasteiger partial charge in [0, 0.05) is 19.2 Å². The van der Waals surface area contributed by atoms with Gasteiger partial charge in [-0.1, -0.05) is 23.5 Å². The Kier molecular flexibility index (Phi) is 4.07. The van der Waals surface area contributed by atoms with E-state index in [0.29, 0.717) is 18.0 Å². The molecule has 1 aromatic carbocycles. The van der Waals surface area contributed by atoms with Gasteiger partial charge in [0.05, 0.1) is 20.8 Å². The third kappa shape index (κ3) is 3.07. The molecule has 1 N–H and O–H groups in total. The molecule has 3 rings (SSSR count). The summed E-state index contributed by atoms with van der Waals surface area (Å²) >= 11 is 0.872. The number of nitrogens with zero attached hydrogens (tertiary/aromatic N) is 3. The number of carbonyl (C=O) groups excluding carboxylic acids is 1. The highest BCUT2D eigenvalue weighted by Crippen LogP contribution is 2.23. The van der Waals surface area contributed by atoms with E-state index in [4.69, 9.17) is 0 Å². The van der Waals surface area contributed by atoms with E-state index in [-0.39, 0.29) is 10.9 Å². The molecule has 23 heavy (non-hydrogen) atoms. The highest BCUT2D eigenvalue weighted by Gasteiger charge is 2.15. The average molecular weight is 330 g/mol. The molecule has 1 amide bonds. The quantitative estimate of drug-likeness (QED) is 0.575. The van der Waals surface area contributed by atoms with Crippen LogP contribution < -0.4 is 5.32 Å². The number of carbonyl (C=O) groups is 1. The molecule has 0 fully saturated rings. The number of hydrogen-bond acceptors (Lipinski definition) is 5. The van der Waals surface area contributed by atoms with Crippen LogP contribution >= 0.6 is 11.3 Å². The number of rotatable bonds is 5. The minimum atomic E-state index is -0.498. The lowest BCUT2D eigenvalue weighted by Gasteiger charge is -2.07. The first-order valence-electron chi connectivity index (χ1n) is 7.00. The van der Waals surface area contributed by atoms with E-state index in [0.717, 1.165) is 28.2 Å². The lowest BCUT2D eigenvalue weighted by Crippen LogP contribution is -2.26. The van der Waals surface area contributed by atoms with Gasteiger partial charge in [-0.2, -0.15) is 0 Å². The van der Waals surface area contributed by atoms with Gasteiger partial charge >= 0.3 is 5.00 Å². The van der Waals surface area contributed by atoms with Crippen LogP contribution in [0.5, 0.6) is 0 Å². The number of nitrogens with one attached hydrogen (secondary N) is 1. The molecule has 0 aliphatic carbocycles.